The highest BCUT2D eigenvalue weighted by molar-refractivity contribution is 6.30. The van der Waals surface area contributed by atoms with Gasteiger partial charge in [-0.2, -0.15) is 9.78 Å². The molecule has 0 atom stereocenters. The van der Waals surface area contributed by atoms with Crippen LogP contribution in [0.4, 0.5) is 0 Å². The number of ether oxygens (including phenoxy) is 1. The maximum absolute atomic E-state index is 13.2. The Kier molecular flexibility index (Phi) is 6.91. The van der Waals surface area contributed by atoms with Crippen LogP contribution in [0.3, 0.4) is 0 Å². The van der Waals surface area contributed by atoms with Crippen LogP contribution in [-0.4, -0.2) is 45.4 Å². The van der Waals surface area contributed by atoms with Crippen LogP contribution in [0, 0.1) is 0 Å². The van der Waals surface area contributed by atoms with Crippen LogP contribution >= 0.6 is 11.6 Å². The summed E-state index contributed by atoms with van der Waals surface area (Å²) in [5.74, 6) is 0.0641. The van der Waals surface area contributed by atoms with E-state index in [-0.39, 0.29) is 12.2 Å². The van der Waals surface area contributed by atoms with Gasteiger partial charge in [0.05, 0.1) is 19.3 Å². The summed E-state index contributed by atoms with van der Waals surface area (Å²) in [6, 6.07) is 13.4. The molecule has 0 aliphatic heterocycles. The van der Waals surface area contributed by atoms with Crippen LogP contribution in [0.15, 0.2) is 58.1 Å². The number of amides is 1. The third kappa shape index (κ3) is 4.69. The number of aromatic nitrogens is 3. The van der Waals surface area contributed by atoms with Crippen molar-refractivity contribution in [2.45, 2.75) is 20.4 Å². The standard InChI is InChI=1S/C22H23ClN4O4/c1-4-25(5-2)20(28)19-21(29)26(14-15-7-6-8-18(13-15)31-3)22(30)27(24-19)17-11-9-16(23)10-12-17/h6-13H,4-5,14H2,1-3H3. The number of benzene rings is 2. The molecular formula is C22H23ClN4O4. The number of nitrogens with zero attached hydrogens (tertiary/aromatic N) is 4. The minimum Gasteiger partial charge on any atom is -0.497 e. The van der Waals surface area contributed by atoms with Gasteiger partial charge in [-0.3, -0.25) is 14.2 Å². The summed E-state index contributed by atoms with van der Waals surface area (Å²) in [6.45, 7) is 4.40. The lowest BCUT2D eigenvalue weighted by Crippen LogP contribution is -2.46. The van der Waals surface area contributed by atoms with Crippen LogP contribution in [0.25, 0.3) is 5.69 Å². The highest BCUT2D eigenvalue weighted by Crippen LogP contribution is 2.14. The first kappa shape index (κ1) is 22.3. The van der Waals surface area contributed by atoms with Crippen molar-refractivity contribution in [2.24, 2.45) is 0 Å². The number of carbonyl (C=O) groups is 1. The van der Waals surface area contributed by atoms with Crippen molar-refractivity contribution in [3.8, 4) is 11.4 Å². The van der Waals surface area contributed by atoms with Crippen LogP contribution in [0.2, 0.25) is 5.02 Å². The monoisotopic (exact) mass is 442 g/mol. The minimum atomic E-state index is -0.741. The Morgan fingerprint density at radius 3 is 2.39 bits per heavy atom. The first-order valence-electron chi connectivity index (χ1n) is 9.81. The van der Waals surface area contributed by atoms with Gasteiger partial charge in [0, 0.05) is 18.1 Å². The smallest absolute Gasteiger partial charge is 0.352 e. The molecule has 0 saturated heterocycles. The average Bonchev–Trinajstić information content (AvgIpc) is 2.78. The molecule has 162 valence electrons. The van der Waals surface area contributed by atoms with Crippen molar-refractivity contribution < 1.29 is 9.53 Å². The SMILES string of the molecule is CCN(CC)C(=O)c1nn(-c2ccc(Cl)cc2)c(=O)n(Cc2cccc(OC)c2)c1=O. The second-order valence-corrected chi connectivity index (χ2v) is 7.18. The first-order chi connectivity index (χ1) is 14.9. The number of hydrogen-bond acceptors (Lipinski definition) is 5. The normalized spacial score (nSPS) is 10.7. The van der Waals surface area contributed by atoms with Gasteiger partial charge in [0.2, 0.25) is 5.69 Å². The number of halogens is 1. The van der Waals surface area contributed by atoms with E-state index in [0.29, 0.717) is 35.1 Å². The molecule has 9 heteroatoms. The molecule has 0 N–H and O–H groups in total. The molecule has 0 bridgehead atoms. The Morgan fingerprint density at radius 2 is 1.77 bits per heavy atom. The molecule has 2 aromatic carbocycles. The number of hydrogen-bond donors (Lipinski definition) is 0. The van der Waals surface area contributed by atoms with Gasteiger partial charge in [-0.05, 0) is 55.8 Å². The van der Waals surface area contributed by atoms with Crippen molar-refractivity contribution >= 4 is 17.5 Å². The number of carbonyl (C=O) groups excluding carboxylic acids is 1. The minimum absolute atomic E-state index is 0.0382. The maximum atomic E-state index is 13.2. The fraction of sp³-hybridized carbons (Fsp3) is 0.273. The Balaban J connectivity index is 2.22. The molecule has 0 aliphatic rings. The van der Waals surface area contributed by atoms with Gasteiger partial charge < -0.3 is 9.64 Å². The van der Waals surface area contributed by atoms with Crippen LogP contribution in [0.5, 0.6) is 5.75 Å². The molecule has 1 heterocycles. The summed E-state index contributed by atoms with van der Waals surface area (Å²) >= 11 is 5.96. The molecular weight excluding hydrogens is 420 g/mol. The van der Waals surface area contributed by atoms with Gasteiger partial charge in [-0.15, -0.1) is 0 Å². The van der Waals surface area contributed by atoms with Crippen molar-refractivity contribution in [2.75, 3.05) is 20.2 Å². The van der Waals surface area contributed by atoms with Crippen LogP contribution < -0.4 is 16.0 Å². The molecule has 1 amide bonds. The molecule has 0 radical (unpaired) electrons. The maximum Gasteiger partial charge on any atom is 0.352 e. The second kappa shape index (κ2) is 9.61. The lowest BCUT2D eigenvalue weighted by atomic mass is 10.2. The van der Waals surface area contributed by atoms with Gasteiger partial charge in [-0.1, -0.05) is 23.7 Å². The molecule has 0 saturated carbocycles. The lowest BCUT2D eigenvalue weighted by Gasteiger charge is -2.19. The van der Waals surface area contributed by atoms with E-state index in [4.69, 9.17) is 16.3 Å². The van der Waals surface area contributed by atoms with E-state index < -0.39 is 17.2 Å². The summed E-state index contributed by atoms with van der Waals surface area (Å²) in [6.07, 6.45) is 0. The average molecular weight is 443 g/mol. The van der Waals surface area contributed by atoms with Gasteiger partial charge in [-0.25, -0.2) is 4.79 Å². The lowest BCUT2D eigenvalue weighted by molar-refractivity contribution is 0.0761. The number of methoxy groups -OCH3 is 1. The zero-order valence-corrected chi connectivity index (χ0v) is 18.3. The zero-order valence-electron chi connectivity index (χ0n) is 17.5. The Labute approximate surface area is 184 Å². The highest BCUT2D eigenvalue weighted by Gasteiger charge is 2.23. The molecule has 0 spiro atoms. The Hall–Kier alpha value is -3.39. The van der Waals surface area contributed by atoms with E-state index in [2.05, 4.69) is 5.10 Å². The van der Waals surface area contributed by atoms with Gasteiger partial charge in [0.15, 0.2) is 0 Å². The third-order valence-electron chi connectivity index (χ3n) is 4.86. The molecule has 3 aromatic rings. The van der Waals surface area contributed by atoms with Crippen LogP contribution in [0.1, 0.15) is 29.9 Å². The summed E-state index contributed by atoms with van der Waals surface area (Å²) in [5, 5.41) is 4.62. The molecule has 0 unspecified atom stereocenters. The van der Waals surface area contributed by atoms with Gasteiger partial charge in [0.25, 0.3) is 11.5 Å². The summed E-state index contributed by atoms with van der Waals surface area (Å²) < 4.78 is 7.28. The van der Waals surface area contributed by atoms with Crippen molar-refractivity contribution in [1.29, 1.82) is 0 Å². The quantitative estimate of drug-likeness (QED) is 0.561. The van der Waals surface area contributed by atoms with E-state index in [1.807, 2.05) is 13.8 Å². The first-order valence-corrected chi connectivity index (χ1v) is 10.2. The largest absolute Gasteiger partial charge is 0.497 e. The van der Waals surface area contributed by atoms with Gasteiger partial charge in [0.1, 0.15) is 5.75 Å². The molecule has 31 heavy (non-hydrogen) atoms. The Morgan fingerprint density at radius 1 is 1.10 bits per heavy atom. The van der Waals surface area contributed by atoms with E-state index in [1.165, 1.54) is 12.0 Å². The van der Waals surface area contributed by atoms with Crippen LogP contribution in [-0.2, 0) is 6.54 Å². The summed E-state index contributed by atoms with van der Waals surface area (Å²) in [4.78, 5) is 40.8. The predicted octanol–water partition coefficient (Wildman–Crippen LogP) is 2.59. The topological polar surface area (TPSA) is 86.4 Å². The molecule has 8 nitrogen and oxygen atoms in total. The fourth-order valence-corrected chi connectivity index (χ4v) is 3.28. The predicted molar refractivity (Wildman–Crippen MR) is 118 cm³/mol. The molecule has 3 rings (SSSR count). The molecule has 0 aliphatic carbocycles. The van der Waals surface area contributed by atoms with Crippen molar-refractivity contribution in [3.05, 3.63) is 85.6 Å². The Bertz CT molecular complexity index is 1200. The van der Waals surface area contributed by atoms with E-state index in [1.54, 1.807) is 48.5 Å². The van der Waals surface area contributed by atoms with Crippen molar-refractivity contribution in [1.82, 2.24) is 19.2 Å². The number of rotatable bonds is 7. The van der Waals surface area contributed by atoms with E-state index in [9.17, 15) is 14.4 Å². The third-order valence-corrected chi connectivity index (χ3v) is 5.11. The van der Waals surface area contributed by atoms with Crippen molar-refractivity contribution in [3.63, 3.8) is 0 Å². The highest BCUT2D eigenvalue weighted by atomic mass is 35.5. The van der Waals surface area contributed by atoms with E-state index >= 15 is 0 Å². The van der Waals surface area contributed by atoms with Gasteiger partial charge >= 0.3 is 5.69 Å². The second-order valence-electron chi connectivity index (χ2n) is 6.74. The zero-order chi connectivity index (χ0) is 22.5. The molecule has 1 aromatic heterocycles. The molecule has 0 fully saturated rings. The van der Waals surface area contributed by atoms with E-state index in [0.717, 1.165) is 9.25 Å². The summed E-state index contributed by atoms with van der Waals surface area (Å²) in [7, 11) is 1.53. The summed E-state index contributed by atoms with van der Waals surface area (Å²) in [5.41, 5.74) is -0.654. The fourth-order valence-electron chi connectivity index (χ4n) is 3.15.